The first-order chi connectivity index (χ1) is 9.65. The third kappa shape index (κ3) is 5.36. The van der Waals surface area contributed by atoms with Gasteiger partial charge in [-0.1, -0.05) is 42.5 Å². The summed E-state index contributed by atoms with van der Waals surface area (Å²) in [5, 5.41) is 10.6. The van der Waals surface area contributed by atoms with Crippen molar-refractivity contribution in [2.24, 2.45) is 0 Å². The van der Waals surface area contributed by atoms with Crippen LogP contribution in [0.4, 0.5) is 8.78 Å². The van der Waals surface area contributed by atoms with Crippen LogP contribution in [0.25, 0.3) is 6.08 Å². The van der Waals surface area contributed by atoms with Crippen molar-refractivity contribution in [1.29, 1.82) is 5.41 Å². The number of benzene rings is 2. The molecule has 0 atom stereocenters. The van der Waals surface area contributed by atoms with E-state index in [9.17, 15) is 8.78 Å². The van der Waals surface area contributed by atoms with E-state index in [1.807, 2.05) is 30.3 Å². The highest BCUT2D eigenvalue weighted by molar-refractivity contribution is 5.93. The van der Waals surface area contributed by atoms with Gasteiger partial charge in [0.15, 0.2) is 11.6 Å². The van der Waals surface area contributed by atoms with Crippen LogP contribution in [-0.2, 0) is 6.54 Å². The average molecular weight is 309 g/mol. The third-order valence-corrected chi connectivity index (χ3v) is 2.71. The molecule has 0 heterocycles. The Hall–Kier alpha value is -2.20. The Balaban J connectivity index is 0.00000220. The van der Waals surface area contributed by atoms with E-state index >= 15 is 0 Å². The second-order valence-corrected chi connectivity index (χ2v) is 4.26. The lowest BCUT2D eigenvalue weighted by Crippen LogP contribution is -2.19. The summed E-state index contributed by atoms with van der Waals surface area (Å²) in [5.74, 6) is -1.56. The van der Waals surface area contributed by atoms with Crippen LogP contribution in [0.5, 0.6) is 0 Å². The first-order valence-corrected chi connectivity index (χ1v) is 6.14. The minimum Gasteiger partial charge on any atom is -0.366 e. The van der Waals surface area contributed by atoms with Gasteiger partial charge in [0.1, 0.15) is 5.84 Å². The zero-order chi connectivity index (χ0) is 14.4. The fourth-order valence-corrected chi connectivity index (χ4v) is 1.65. The monoisotopic (exact) mass is 308 g/mol. The quantitative estimate of drug-likeness (QED) is 0.645. The molecule has 0 aromatic heterocycles. The molecule has 5 heteroatoms. The van der Waals surface area contributed by atoms with Crippen molar-refractivity contribution < 1.29 is 8.78 Å². The third-order valence-electron chi connectivity index (χ3n) is 2.71. The molecule has 0 saturated heterocycles. The van der Waals surface area contributed by atoms with E-state index in [2.05, 4.69) is 5.32 Å². The summed E-state index contributed by atoms with van der Waals surface area (Å²) >= 11 is 0. The highest BCUT2D eigenvalue weighted by Gasteiger charge is 2.00. The second-order valence-electron chi connectivity index (χ2n) is 4.26. The van der Waals surface area contributed by atoms with Crippen LogP contribution in [0.1, 0.15) is 11.1 Å². The maximum Gasteiger partial charge on any atom is 0.159 e. The van der Waals surface area contributed by atoms with E-state index in [4.69, 9.17) is 5.41 Å². The molecule has 0 unspecified atom stereocenters. The lowest BCUT2D eigenvalue weighted by molar-refractivity contribution is 0.508. The van der Waals surface area contributed by atoms with Gasteiger partial charge in [0.25, 0.3) is 0 Å². The predicted octanol–water partition coefficient (Wildman–Crippen LogP) is 4.17. The van der Waals surface area contributed by atoms with Crippen molar-refractivity contribution in [2.45, 2.75) is 6.54 Å². The lowest BCUT2D eigenvalue weighted by Gasteiger charge is -2.04. The molecule has 0 aliphatic heterocycles. The second kappa shape index (κ2) is 8.17. The number of hydrogen-bond acceptors (Lipinski definition) is 1. The van der Waals surface area contributed by atoms with Crippen molar-refractivity contribution in [3.63, 3.8) is 0 Å². The molecule has 21 heavy (non-hydrogen) atoms. The first kappa shape index (κ1) is 16.9. The van der Waals surface area contributed by atoms with E-state index < -0.39 is 11.6 Å². The van der Waals surface area contributed by atoms with Crippen LogP contribution in [0.3, 0.4) is 0 Å². The molecule has 110 valence electrons. The molecule has 2 nitrogen and oxygen atoms in total. The average Bonchev–Trinajstić information content (AvgIpc) is 2.47. The summed E-state index contributed by atoms with van der Waals surface area (Å²) in [6.45, 7) is 0.543. The topological polar surface area (TPSA) is 35.9 Å². The van der Waals surface area contributed by atoms with Crippen LogP contribution >= 0.6 is 12.4 Å². The number of halogens is 3. The van der Waals surface area contributed by atoms with Crippen LogP contribution in [-0.4, -0.2) is 5.84 Å². The summed E-state index contributed by atoms with van der Waals surface area (Å²) in [6, 6.07) is 13.3. The normalized spacial score (nSPS) is 10.2. The van der Waals surface area contributed by atoms with E-state index in [1.165, 1.54) is 12.1 Å². The van der Waals surface area contributed by atoms with Gasteiger partial charge in [-0.2, -0.15) is 0 Å². The molecular weight excluding hydrogens is 294 g/mol. The number of rotatable bonds is 4. The van der Waals surface area contributed by atoms with Gasteiger partial charge in [0, 0.05) is 6.54 Å². The van der Waals surface area contributed by atoms with Gasteiger partial charge in [0.05, 0.1) is 0 Å². The highest BCUT2D eigenvalue weighted by atomic mass is 35.5. The van der Waals surface area contributed by atoms with Crippen LogP contribution < -0.4 is 5.32 Å². The summed E-state index contributed by atoms with van der Waals surface area (Å²) in [7, 11) is 0. The maximum atomic E-state index is 13.0. The molecule has 0 radical (unpaired) electrons. The van der Waals surface area contributed by atoms with Crippen molar-refractivity contribution in [2.75, 3.05) is 0 Å². The summed E-state index contributed by atoms with van der Waals surface area (Å²) in [6.07, 6.45) is 3.07. The van der Waals surface area contributed by atoms with Crippen LogP contribution in [0.15, 0.2) is 54.6 Å². The van der Waals surface area contributed by atoms with Crippen molar-refractivity contribution >= 4 is 24.3 Å². The van der Waals surface area contributed by atoms with E-state index in [1.54, 1.807) is 6.08 Å². The Labute approximate surface area is 128 Å². The number of nitrogens with one attached hydrogen (secondary N) is 2. The van der Waals surface area contributed by atoms with Crippen LogP contribution in [0, 0.1) is 17.0 Å². The maximum absolute atomic E-state index is 13.0. The molecule has 0 aliphatic rings. The number of amidine groups is 1. The minimum absolute atomic E-state index is 0. The zero-order valence-electron chi connectivity index (χ0n) is 11.1. The Morgan fingerprint density at radius 1 is 1.05 bits per heavy atom. The molecule has 0 saturated carbocycles. The molecule has 2 rings (SSSR count). The molecule has 0 fully saturated rings. The van der Waals surface area contributed by atoms with Gasteiger partial charge in [0.2, 0.25) is 0 Å². The molecule has 2 aromatic rings. The van der Waals surface area contributed by atoms with Crippen molar-refractivity contribution in [3.8, 4) is 0 Å². The van der Waals surface area contributed by atoms with E-state index in [0.717, 1.165) is 17.7 Å². The van der Waals surface area contributed by atoms with E-state index in [0.29, 0.717) is 12.1 Å². The Bertz CT molecular complexity index is 627. The number of hydrogen-bond donors (Lipinski definition) is 2. The Morgan fingerprint density at radius 3 is 2.43 bits per heavy atom. The van der Waals surface area contributed by atoms with Gasteiger partial charge in [-0.3, -0.25) is 5.41 Å². The molecular formula is C16H15ClF2N2. The summed E-state index contributed by atoms with van der Waals surface area (Å²) in [4.78, 5) is 0. The predicted molar refractivity (Wildman–Crippen MR) is 83.6 cm³/mol. The van der Waals surface area contributed by atoms with Crippen LogP contribution in [0.2, 0.25) is 0 Å². The summed E-state index contributed by atoms with van der Waals surface area (Å²) < 4.78 is 25.7. The smallest absolute Gasteiger partial charge is 0.159 e. The largest absolute Gasteiger partial charge is 0.366 e. The summed E-state index contributed by atoms with van der Waals surface area (Å²) in [5.41, 5.74) is 1.58. The molecule has 0 amide bonds. The van der Waals surface area contributed by atoms with Gasteiger partial charge in [-0.25, -0.2) is 8.78 Å². The van der Waals surface area contributed by atoms with Gasteiger partial charge in [-0.15, -0.1) is 12.4 Å². The zero-order valence-corrected chi connectivity index (χ0v) is 12.0. The minimum atomic E-state index is -0.893. The van der Waals surface area contributed by atoms with Crippen molar-refractivity contribution in [1.82, 2.24) is 5.32 Å². The molecule has 0 bridgehead atoms. The first-order valence-electron chi connectivity index (χ1n) is 6.14. The SMILES string of the molecule is Cl.N=C(/C=C/c1ccc(F)c(F)c1)NCc1ccccc1. The highest BCUT2D eigenvalue weighted by Crippen LogP contribution is 2.09. The molecule has 2 N–H and O–H groups in total. The standard InChI is InChI=1S/C16H14F2N2.ClH/c17-14-8-6-12(10-15(14)18)7-9-16(19)20-11-13-4-2-1-3-5-13;/h1-10H,11H2,(H2,19,20);1H/b9-7+;. The van der Waals surface area contributed by atoms with E-state index in [-0.39, 0.29) is 18.2 Å². The molecule has 2 aromatic carbocycles. The fraction of sp³-hybridized carbons (Fsp3) is 0.0625. The molecule has 0 spiro atoms. The van der Waals surface area contributed by atoms with Gasteiger partial charge >= 0.3 is 0 Å². The Morgan fingerprint density at radius 2 is 1.76 bits per heavy atom. The molecule has 0 aliphatic carbocycles. The Kier molecular flexibility index (Phi) is 6.56. The lowest BCUT2D eigenvalue weighted by atomic mass is 10.2. The van der Waals surface area contributed by atoms with Gasteiger partial charge in [-0.05, 0) is 29.3 Å². The van der Waals surface area contributed by atoms with Gasteiger partial charge < -0.3 is 5.32 Å². The fourth-order valence-electron chi connectivity index (χ4n) is 1.65. The van der Waals surface area contributed by atoms with Crippen molar-refractivity contribution in [3.05, 3.63) is 77.4 Å².